The summed E-state index contributed by atoms with van der Waals surface area (Å²) in [6, 6.07) is 10.7. The third-order valence-electron chi connectivity index (χ3n) is 3.30. The van der Waals surface area contributed by atoms with E-state index in [0.717, 1.165) is 12.8 Å². The van der Waals surface area contributed by atoms with E-state index in [1.807, 2.05) is 6.07 Å². The van der Waals surface area contributed by atoms with Crippen LogP contribution in [0.2, 0.25) is 0 Å². The SMILES string of the molecule is CN=C(NCCCS(C)(=O)=O)NC(C)CCc1ccccc1. The minimum atomic E-state index is -2.89. The fraction of sp³-hybridized carbons (Fsp3) is 0.562. The second-order valence-corrected chi connectivity index (χ2v) is 7.81. The number of nitrogens with one attached hydrogen (secondary N) is 2. The molecule has 1 aromatic carbocycles. The minimum Gasteiger partial charge on any atom is -0.356 e. The molecule has 0 aromatic heterocycles. The highest BCUT2D eigenvalue weighted by molar-refractivity contribution is 7.90. The smallest absolute Gasteiger partial charge is 0.191 e. The van der Waals surface area contributed by atoms with E-state index in [1.165, 1.54) is 11.8 Å². The predicted octanol–water partition coefficient (Wildman–Crippen LogP) is 1.61. The average molecular weight is 325 g/mol. The van der Waals surface area contributed by atoms with Crippen LogP contribution in [0.1, 0.15) is 25.3 Å². The number of guanidine groups is 1. The van der Waals surface area contributed by atoms with Crippen molar-refractivity contribution in [2.75, 3.05) is 25.6 Å². The zero-order valence-corrected chi connectivity index (χ0v) is 14.5. The number of hydrogen-bond donors (Lipinski definition) is 2. The molecule has 124 valence electrons. The van der Waals surface area contributed by atoms with E-state index in [1.54, 1.807) is 7.05 Å². The Hall–Kier alpha value is -1.56. The Morgan fingerprint density at radius 3 is 2.55 bits per heavy atom. The van der Waals surface area contributed by atoms with Crippen LogP contribution in [-0.2, 0) is 16.3 Å². The van der Waals surface area contributed by atoms with Crippen molar-refractivity contribution >= 4 is 15.8 Å². The summed E-state index contributed by atoms with van der Waals surface area (Å²) in [5.74, 6) is 0.912. The van der Waals surface area contributed by atoms with Gasteiger partial charge >= 0.3 is 0 Å². The number of aliphatic imine (C=N–C) groups is 1. The van der Waals surface area contributed by atoms with Crippen LogP contribution in [0.15, 0.2) is 35.3 Å². The van der Waals surface area contributed by atoms with Crippen molar-refractivity contribution in [2.24, 2.45) is 4.99 Å². The Morgan fingerprint density at radius 1 is 1.27 bits per heavy atom. The molecule has 0 aliphatic heterocycles. The summed E-state index contributed by atoms with van der Waals surface area (Å²) in [5, 5.41) is 6.47. The Labute approximate surface area is 134 Å². The van der Waals surface area contributed by atoms with Gasteiger partial charge in [-0.05, 0) is 31.7 Å². The van der Waals surface area contributed by atoms with Crippen LogP contribution in [0.3, 0.4) is 0 Å². The van der Waals surface area contributed by atoms with Gasteiger partial charge in [0.25, 0.3) is 0 Å². The van der Waals surface area contributed by atoms with Gasteiger partial charge in [0.05, 0.1) is 5.75 Å². The number of sulfone groups is 1. The van der Waals surface area contributed by atoms with Gasteiger partial charge in [0.15, 0.2) is 5.96 Å². The highest BCUT2D eigenvalue weighted by Gasteiger charge is 2.06. The van der Waals surface area contributed by atoms with E-state index >= 15 is 0 Å². The number of nitrogens with zero attached hydrogens (tertiary/aromatic N) is 1. The van der Waals surface area contributed by atoms with Gasteiger partial charge in [-0.1, -0.05) is 30.3 Å². The first-order chi connectivity index (χ1) is 10.4. The number of hydrogen-bond acceptors (Lipinski definition) is 3. The van der Waals surface area contributed by atoms with E-state index in [2.05, 4.69) is 46.8 Å². The molecule has 0 fully saturated rings. The standard InChI is InChI=1S/C16H27N3O2S/c1-14(10-11-15-8-5-4-6-9-15)19-16(17-2)18-12-7-13-22(3,20)21/h4-6,8-9,14H,7,10-13H2,1-3H3,(H2,17,18,19). The van der Waals surface area contributed by atoms with Crippen LogP contribution in [0.4, 0.5) is 0 Å². The van der Waals surface area contributed by atoms with Crippen LogP contribution in [0.25, 0.3) is 0 Å². The molecule has 0 heterocycles. The molecule has 1 atom stereocenters. The molecular formula is C16H27N3O2S. The van der Waals surface area contributed by atoms with Gasteiger partial charge in [-0.25, -0.2) is 8.42 Å². The molecule has 6 heteroatoms. The van der Waals surface area contributed by atoms with E-state index in [-0.39, 0.29) is 5.75 Å². The van der Waals surface area contributed by atoms with E-state index < -0.39 is 9.84 Å². The maximum Gasteiger partial charge on any atom is 0.191 e. The van der Waals surface area contributed by atoms with Crippen molar-refractivity contribution in [1.29, 1.82) is 0 Å². The van der Waals surface area contributed by atoms with Crippen molar-refractivity contribution in [3.05, 3.63) is 35.9 Å². The van der Waals surface area contributed by atoms with Crippen molar-refractivity contribution in [2.45, 2.75) is 32.2 Å². The minimum absolute atomic E-state index is 0.195. The highest BCUT2D eigenvalue weighted by atomic mass is 32.2. The van der Waals surface area contributed by atoms with Crippen molar-refractivity contribution in [1.82, 2.24) is 10.6 Å². The molecule has 0 saturated carbocycles. The molecule has 22 heavy (non-hydrogen) atoms. The lowest BCUT2D eigenvalue weighted by Crippen LogP contribution is -2.42. The molecular weight excluding hydrogens is 298 g/mol. The molecule has 0 aliphatic carbocycles. The van der Waals surface area contributed by atoms with E-state index in [9.17, 15) is 8.42 Å². The summed E-state index contributed by atoms with van der Waals surface area (Å²) in [6.45, 7) is 2.71. The summed E-state index contributed by atoms with van der Waals surface area (Å²) in [4.78, 5) is 4.16. The Kier molecular flexibility index (Phi) is 7.95. The highest BCUT2D eigenvalue weighted by Crippen LogP contribution is 2.04. The lowest BCUT2D eigenvalue weighted by atomic mass is 10.1. The van der Waals surface area contributed by atoms with Crippen LogP contribution in [0, 0.1) is 0 Å². The fourth-order valence-corrected chi connectivity index (χ4v) is 2.74. The molecule has 5 nitrogen and oxygen atoms in total. The third-order valence-corrected chi connectivity index (χ3v) is 4.33. The van der Waals surface area contributed by atoms with Gasteiger partial charge in [0.1, 0.15) is 9.84 Å². The summed E-state index contributed by atoms with van der Waals surface area (Å²) in [6.07, 6.45) is 3.86. The van der Waals surface area contributed by atoms with Gasteiger partial charge in [-0.2, -0.15) is 0 Å². The van der Waals surface area contributed by atoms with Crippen molar-refractivity contribution in [3.63, 3.8) is 0 Å². The summed E-state index contributed by atoms with van der Waals surface area (Å²) < 4.78 is 22.1. The van der Waals surface area contributed by atoms with Crippen molar-refractivity contribution < 1.29 is 8.42 Å². The fourth-order valence-electron chi connectivity index (χ4n) is 2.07. The van der Waals surface area contributed by atoms with Gasteiger partial charge in [0.2, 0.25) is 0 Å². The van der Waals surface area contributed by atoms with Gasteiger partial charge in [-0.15, -0.1) is 0 Å². The lowest BCUT2D eigenvalue weighted by molar-refractivity contribution is 0.588. The van der Waals surface area contributed by atoms with Crippen LogP contribution in [0.5, 0.6) is 0 Å². The summed E-state index contributed by atoms with van der Waals surface area (Å²) >= 11 is 0. The number of rotatable bonds is 8. The number of aryl methyl sites for hydroxylation is 1. The van der Waals surface area contributed by atoms with Crippen LogP contribution in [-0.4, -0.2) is 46.0 Å². The topological polar surface area (TPSA) is 70.6 Å². The molecule has 0 spiro atoms. The first-order valence-electron chi connectivity index (χ1n) is 7.59. The van der Waals surface area contributed by atoms with Gasteiger partial charge < -0.3 is 10.6 Å². The molecule has 1 unspecified atom stereocenters. The van der Waals surface area contributed by atoms with Crippen LogP contribution < -0.4 is 10.6 Å². The molecule has 0 radical (unpaired) electrons. The molecule has 1 rings (SSSR count). The molecule has 2 N–H and O–H groups in total. The maximum atomic E-state index is 11.1. The summed E-state index contributed by atoms with van der Waals surface area (Å²) in [7, 11) is -1.17. The second kappa shape index (κ2) is 9.46. The molecule has 0 amide bonds. The Bertz CT molecular complexity index is 556. The van der Waals surface area contributed by atoms with Gasteiger partial charge in [0, 0.05) is 25.9 Å². The Balaban J connectivity index is 2.27. The maximum absolute atomic E-state index is 11.1. The normalized spacial score (nSPS) is 13.7. The Morgan fingerprint density at radius 2 is 1.95 bits per heavy atom. The zero-order chi connectivity index (χ0) is 16.4. The second-order valence-electron chi connectivity index (χ2n) is 5.55. The average Bonchev–Trinajstić information content (AvgIpc) is 2.48. The first kappa shape index (κ1) is 18.5. The summed E-state index contributed by atoms with van der Waals surface area (Å²) in [5.41, 5.74) is 1.33. The first-order valence-corrected chi connectivity index (χ1v) is 9.65. The molecule has 1 aromatic rings. The lowest BCUT2D eigenvalue weighted by Gasteiger charge is -2.18. The molecule has 0 aliphatic rings. The van der Waals surface area contributed by atoms with Crippen LogP contribution >= 0.6 is 0 Å². The molecule has 0 saturated heterocycles. The van der Waals surface area contributed by atoms with Crippen molar-refractivity contribution in [3.8, 4) is 0 Å². The largest absolute Gasteiger partial charge is 0.356 e. The van der Waals surface area contributed by atoms with E-state index in [4.69, 9.17) is 0 Å². The van der Waals surface area contributed by atoms with Gasteiger partial charge in [-0.3, -0.25) is 4.99 Å². The molecule has 0 bridgehead atoms. The monoisotopic (exact) mass is 325 g/mol. The quantitative estimate of drug-likeness (QED) is 0.433. The van der Waals surface area contributed by atoms with E-state index in [0.29, 0.717) is 25.0 Å². The zero-order valence-electron chi connectivity index (χ0n) is 13.7. The predicted molar refractivity (Wildman–Crippen MR) is 93.1 cm³/mol. The third kappa shape index (κ3) is 8.67. The number of benzene rings is 1.